The van der Waals surface area contributed by atoms with E-state index in [9.17, 15) is 9.90 Å². The third-order valence-corrected chi connectivity index (χ3v) is 2.48. The molecule has 2 rings (SSSR count). The van der Waals surface area contributed by atoms with E-state index in [1.807, 2.05) is 0 Å². The molecule has 0 aliphatic rings. The molecular formula is C12H14N4O2. The summed E-state index contributed by atoms with van der Waals surface area (Å²) in [6.07, 6.45) is 3.49. The first-order chi connectivity index (χ1) is 8.75. The van der Waals surface area contributed by atoms with Crippen LogP contribution in [0.1, 0.15) is 5.56 Å². The van der Waals surface area contributed by atoms with Crippen molar-refractivity contribution >= 4 is 5.91 Å². The van der Waals surface area contributed by atoms with Gasteiger partial charge in [0.15, 0.2) is 0 Å². The fourth-order valence-electron chi connectivity index (χ4n) is 1.56. The van der Waals surface area contributed by atoms with Crippen LogP contribution in [-0.2, 0) is 17.8 Å². The Morgan fingerprint density at radius 3 is 2.94 bits per heavy atom. The van der Waals surface area contributed by atoms with Crippen LogP contribution in [0.3, 0.4) is 0 Å². The minimum Gasteiger partial charge on any atom is -0.508 e. The second kappa shape index (κ2) is 5.81. The van der Waals surface area contributed by atoms with Gasteiger partial charge in [0, 0.05) is 18.3 Å². The Morgan fingerprint density at radius 1 is 1.39 bits per heavy atom. The first kappa shape index (κ1) is 12.1. The SMILES string of the molecule is O=C(Cc1ccccc1O)NCCn1ccnn1. The molecule has 6 nitrogen and oxygen atoms in total. The van der Waals surface area contributed by atoms with Crippen LogP contribution in [0.4, 0.5) is 0 Å². The summed E-state index contributed by atoms with van der Waals surface area (Å²) in [4.78, 5) is 11.6. The minimum atomic E-state index is -0.128. The van der Waals surface area contributed by atoms with Gasteiger partial charge in [-0.3, -0.25) is 9.48 Å². The molecule has 1 aromatic heterocycles. The molecule has 0 saturated heterocycles. The number of para-hydroxylation sites is 1. The molecular weight excluding hydrogens is 232 g/mol. The molecule has 0 radical (unpaired) electrons. The maximum atomic E-state index is 11.6. The fraction of sp³-hybridized carbons (Fsp3) is 0.250. The van der Waals surface area contributed by atoms with E-state index in [1.165, 1.54) is 0 Å². The van der Waals surface area contributed by atoms with Gasteiger partial charge in [-0.2, -0.15) is 0 Å². The monoisotopic (exact) mass is 246 g/mol. The molecule has 2 N–H and O–H groups in total. The normalized spacial score (nSPS) is 10.2. The summed E-state index contributed by atoms with van der Waals surface area (Å²) in [5.74, 6) is 0.0144. The van der Waals surface area contributed by atoms with Gasteiger partial charge < -0.3 is 10.4 Å². The van der Waals surface area contributed by atoms with Crippen LogP contribution in [0.25, 0.3) is 0 Å². The molecule has 0 atom stereocenters. The highest BCUT2D eigenvalue weighted by Gasteiger charge is 2.06. The number of phenols is 1. The molecule has 0 aliphatic heterocycles. The van der Waals surface area contributed by atoms with Crippen LogP contribution in [-0.4, -0.2) is 32.6 Å². The van der Waals surface area contributed by atoms with Gasteiger partial charge in [-0.05, 0) is 6.07 Å². The number of nitrogens with zero attached hydrogens (tertiary/aromatic N) is 3. The van der Waals surface area contributed by atoms with E-state index in [0.717, 1.165) is 0 Å². The quantitative estimate of drug-likeness (QED) is 0.797. The summed E-state index contributed by atoms with van der Waals surface area (Å²) >= 11 is 0. The number of aromatic nitrogens is 3. The number of carbonyl (C=O) groups excluding carboxylic acids is 1. The zero-order valence-electron chi connectivity index (χ0n) is 9.78. The molecule has 0 bridgehead atoms. The van der Waals surface area contributed by atoms with E-state index in [2.05, 4.69) is 15.6 Å². The molecule has 0 unspecified atom stereocenters. The number of carbonyl (C=O) groups is 1. The standard InChI is InChI=1S/C12H14N4O2/c17-11-4-2-1-3-10(11)9-12(18)13-5-7-16-8-6-14-15-16/h1-4,6,8,17H,5,7,9H2,(H,13,18). The summed E-state index contributed by atoms with van der Waals surface area (Å²) in [5.41, 5.74) is 0.621. The van der Waals surface area contributed by atoms with Gasteiger partial charge in [-0.25, -0.2) is 0 Å². The Morgan fingerprint density at radius 2 is 2.22 bits per heavy atom. The number of hydrogen-bond donors (Lipinski definition) is 2. The van der Waals surface area contributed by atoms with E-state index < -0.39 is 0 Å². The molecule has 0 spiro atoms. The van der Waals surface area contributed by atoms with Crippen molar-refractivity contribution < 1.29 is 9.90 Å². The third-order valence-electron chi connectivity index (χ3n) is 2.48. The molecule has 1 heterocycles. The lowest BCUT2D eigenvalue weighted by Crippen LogP contribution is -2.28. The molecule has 6 heteroatoms. The van der Waals surface area contributed by atoms with E-state index in [0.29, 0.717) is 18.7 Å². The van der Waals surface area contributed by atoms with Gasteiger partial charge in [0.1, 0.15) is 5.75 Å². The van der Waals surface area contributed by atoms with Crippen molar-refractivity contribution in [3.63, 3.8) is 0 Å². The minimum absolute atomic E-state index is 0.128. The number of phenolic OH excluding ortho intramolecular Hbond substituents is 1. The Hall–Kier alpha value is -2.37. The van der Waals surface area contributed by atoms with Crippen molar-refractivity contribution in [2.45, 2.75) is 13.0 Å². The molecule has 1 amide bonds. The van der Waals surface area contributed by atoms with Crippen LogP contribution in [0.5, 0.6) is 5.75 Å². The van der Waals surface area contributed by atoms with Crippen LogP contribution in [0.2, 0.25) is 0 Å². The van der Waals surface area contributed by atoms with Gasteiger partial charge >= 0.3 is 0 Å². The third kappa shape index (κ3) is 3.31. The number of aromatic hydroxyl groups is 1. The van der Waals surface area contributed by atoms with Crippen LogP contribution < -0.4 is 5.32 Å². The number of benzene rings is 1. The smallest absolute Gasteiger partial charge is 0.224 e. The molecule has 0 fully saturated rings. The van der Waals surface area contributed by atoms with Crippen molar-refractivity contribution in [2.75, 3.05) is 6.54 Å². The summed E-state index contributed by atoms with van der Waals surface area (Å²) < 4.78 is 1.64. The molecule has 18 heavy (non-hydrogen) atoms. The number of amides is 1. The predicted molar refractivity (Wildman–Crippen MR) is 64.8 cm³/mol. The highest BCUT2D eigenvalue weighted by atomic mass is 16.3. The molecule has 0 aliphatic carbocycles. The largest absolute Gasteiger partial charge is 0.508 e. The Labute approximate surface area is 104 Å². The van der Waals surface area contributed by atoms with E-state index in [-0.39, 0.29) is 18.1 Å². The number of rotatable bonds is 5. The lowest BCUT2D eigenvalue weighted by molar-refractivity contribution is -0.120. The zero-order valence-corrected chi connectivity index (χ0v) is 9.78. The average molecular weight is 246 g/mol. The van der Waals surface area contributed by atoms with Gasteiger partial charge in [-0.15, -0.1) is 5.10 Å². The lowest BCUT2D eigenvalue weighted by atomic mass is 10.1. The van der Waals surface area contributed by atoms with Crippen LogP contribution >= 0.6 is 0 Å². The highest BCUT2D eigenvalue weighted by molar-refractivity contribution is 5.79. The van der Waals surface area contributed by atoms with Gasteiger partial charge in [0.2, 0.25) is 5.91 Å². The zero-order chi connectivity index (χ0) is 12.8. The average Bonchev–Trinajstić information content (AvgIpc) is 2.85. The topological polar surface area (TPSA) is 80.0 Å². The maximum Gasteiger partial charge on any atom is 0.224 e. The Balaban J connectivity index is 1.77. The second-order valence-electron chi connectivity index (χ2n) is 3.82. The molecule has 2 aromatic rings. The summed E-state index contributed by atoms with van der Waals surface area (Å²) in [5, 5.41) is 19.7. The molecule has 1 aromatic carbocycles. The highest BCUT2D eigenvalue weighted by Crippen LogP contribution is 2.15. The summed E-state index contributed by atoms with van der Waals surface area (Å²) in [7, 11) is 0. The lowest BCUT2D eigenvalue weighted by Gasteiger charge is -2.06. The Kier molecular flexibility index (Phi) is 3.90. The van der Waals surface area contributed by atoms with E-state index in [1.54, 1.807) is 41.3 Å². The van der Waals surface area contributed by atoms with Gasteiger partial charge in [-0.1, -0.05) is 23.4 Å². The number of nitrogens with one attached hydrogen (secondary N) is 1. The van der Waals surface area contributed by atoms with E-state index in [4.69, 9.17) is 0 Å². The van der Waals surface area contributed by atoms with Crippen molar-refractivity contribution in [3.05, 3.63) is 42.2 Å². The van der Waals surface area contributed by atoms with Crippen molar-refractivity contribution in [1.29, 1.82) is 0 Å². The van der Waals surface area contributed by atoms with Crippen molar-refractivity contribution in [3.8, 4) is 5.75 Å². The molecule has 0 saturated carbocycles. The first-order valence-corrected chi connectivity index (χ1v) is 5.63. The molecule has 94 valence electrons. The summed E-state index contributed by atoms with van der Waals surface area (Å²) in [6, 6.07) is 6.81. The first-order valence-electron chi connectivity index (χ1n) is 5.63. The van der Waals surface area contributed by atoms with E-state index >= 15 is 0 Å². The second-order valence-corrected chi connectivity index (χ2v) is 3.82. The van der Waals surface area contributed by atoms with Gasteiger partial charge in [0.25, 0.3) is 0 Å². The van der Waals surface area contributed by atoms with Crippen LogP contribution in [0, 0.1) is 0 Å². The van der Waals surface area contributed by atoms with Crippen molar-refractivity contribution in [1.82, 2.24) is 20.3 Å². The van der Waals surface area contributed by atoms with Crippen molar-refractivity contribution in [2.24, 2.45) is 0 Å². The van der Waals surface area contributed by atoms with Gasteiger partial charge in [0.05, 0.1) is 19.2 Å². The maximum absolute atomic E-state index is 11.6. The predicted octanol–water partition coefficient (Wildman–Crippen LogP) is 0.343. The fourth-order valence-corrected chi connectivity index (χ4v) is 1.56. The number of hydrogen-bond acceptors (Lipinski definition) is 4. The summed E-state index contributed by atoms with van der Waals surface area (Å²) in [6.45, 7) is 1.06. The van der Waals surface area contributed by atoms with Crippen LogP contribution in [0.15, 0.2) is 36.7 Å². The Bertz CT molecular complexity index is 511.